The third kappa shape index (κ3) is 3.53. The van der Waals surface area contributed by atoms with Crippen LogP contribution >= 0.6 is 0 Å². The van der Waals surface area contributed by atoms with E-state index in [0.29, 0.717) is 24.6 Å². The predicted molar refractivity (Wildman–Crippen MR) is 83.5 cm³/mol. The highest BCUT2D eigenvalue weighted by Crippen LogP contribution is 2.21. The van der Waals surface area contributed by atoms with Crippen LogP contribution in [-0.4, -0.2) is 16.7 Å². The minimum absolute atomic E-state index is 0.123. The van der Waals surface area contributed by atoms with Crippen LogP contribution in [0, 0.1) is 0 Å². The van der Waals surface area contributed by atoms with Gasteiger partial charge in [0.1, 0.15) is 5.75 Å². The van der Waals surface area contributed by atoms with E-state index < -0.39 is 0 Å². The van der Waals surface area contributed by atoms with E-state index in [1.54, 1.807) is 36.2 Å². The molecule has 0 aliphatic heterocycles. The fourth-order valence-corrected chi connectivity index (χ4v) is 2.10. The number of methoxy groups -OCH3 is 1. The van der Waals surface area contributed by atoms with Crippen molar-refractivity contribution in [2.75, 3.05) is 18.2 Å². The SMILES string of the molecule is CCCn1ccnc(NCc2cc(N)ccc2OC)c1=O. The second-order valence-corrected chi connectivity index (χ2v) is 4.70. The number of nitrogen functional groups attached to an aromatic ring is 1. The van der Waals surface area contributed by atoms with Crippen molar-refractivity contribution in [2.24, 2.45) is 0 Å². The largest absolute Gasteiger partial charge is 0.496 e. The number of rotatable bonds is 6. The number of anilines is 2. The van der Waals surface area contributed by atoms with Gasteiger partial charge in [0.2, 0.25) is 0 Å². The molecule has 2 aromatic rings. The molecule has 0 saturated heterocycles. The van der Waals surface area contributed by atoms with Crippen molar-refractivity contribution in [1.82, 2.24) is 9.55 Å². The molecule has 1 aromatic heterocycles. The first kappa shape index (κ1) is 14.9. The number of nitrogens with one attached hydrogen (secondary N) is 1. The van der Waals surface area contributed by atoms with E-state index in [2.05, 4.69) is 10.3 Å². The Morgan fingerprint density at radius 1 is 1.43 bits per heavy atom. The Morgan fingerprint density at radius 2 is 2.24 bits per heavy atom. The van der Waals surface area contributed by atoms with Crippen LogP contribution < -0.4 is 21.3 Å². The molecule has 1 aromatic carbocycles. The van der Waals surface area contributed by atoms with Crippen LogP contribution in [0.2, 0.25) is 0 Å². The summed E-state index contributed by atoms with van der Waals surface area (Å²) in [5, 5.41) is 3.05. The highest BCUT2D eigenvalue weighted by atomic mass is 16.5. The van der Waals surface area contributed by atoms with Crippen molar-refractivity contribution >= 4 is 11.5 Å². The lowest BCUT2D eigenvalue weighted by molar-refractivity contribution is 0.410. The highest BCUT2D eigenvalue weighted by Gasteiger charge is 2.07. The maximum Gasteiger partial charge on any atom is 0.293 e. The lowest BCUT2D eigenvalue weighted by Crippen LogP contribution is -2.24. The first-order valence-electron chi connectivity index (χ1n) is 6.87. The summed E-state index contributed by atoms with van der Waals surface area (Å²) in [6.45, 7) is 3.13. The Kier molecular flexibility index (Phi) is 4.81. The molecule has 0 radical (unpaired) electrons. The van der Waals surface area contributed by atoms with Crippen LogP contribution in [0.1, 0.15) is 18.9 Å². The number of hydrogen-bond acceptors (Lipinski definition) is 5. The maximum atomic E-state index is 12.2. The van der Waals surface area contributed by atoms with Gasteiger partial charge < -0.3 is 20.4 Å². The normalized spacial score (nSPS) is 10.4. The summed E-state index contributed by atoms with van der Waals surface area (Å²) in [5.41, 5.74) is 7.19. The zero-order valence-electron chi connectivity index (χ0n) is 12.3. The van der Waals surface area contributed by atoms with Crippen molar-refractivity contribution in [3.05, 3.63) is 46.5 Å². The number of aryl methyl sites for hydroxylation is 1. The Bertz CT molecular complexity index is 667. The van der Waals surface area contributed by atoms with Gasteiger partial charge in [0.15, 0.2) is 5.82 Å². The number of nitrogens with zero attached hydrogens (tertiary/aromatic N) is 2. The van der Waals surface area contributed by atoms with E-state index in [4.69, 9.17) is 10.5 Å². The monoisotopic (exact) mass is 288 g/mol. The van der Waals surface area contributed by atoms with Gasteiger partial charge in [-0.3, -0.25) is 4.79 Å². The molecule has 6 heteroatoms. The summed E-state index contributed by atoms with van der Waals surface area (Å²) >= 11 is 0. The number of benzene rings is 1. The van der Waals surface area contributed by atoms with Gasteiger partial charge in [-0.05, 0) is 24.6 Å². The lowest BCUT2D eigenvalue weighted by Gasteiger charge is -2.11. The van der Waals surface area contributed by atoms with Crippen LogP contribution in [0.25, 0.3) is 0 Å². The summed E-state index contributed by atoms with van der Waals surface area (Å²) in [6, 6.07) is 5.40. The molecule has 0 aliphatic rings. The van der Waals surface area contributed by atoms with Gasteiger partial charge in [0, 0.05) is 36.7 Å². The molecule has 112 valence electrons. The molecular weight excluding hydrogens is 268 g/mol. The summed E-state index contributed by atoms with van der Waals surface area (Å²) in [6.07, 6.45) is 4.21. The molecule has 3 N–H and O–H groups in total. The van der Waals surface area contributed by atoms with Crippen molar-refractivity contribution < 1.29 is 4.74 Å². The number of aromatic nitrogens is 2. The molecule has 2 rings (SSSR count). The van der Waals surface area contributed by atoms with E-state index in [-0.39, 0.29) is 5.56 Å². The minimum Gasteiger partial charge on any atom is -0.496 e. The van der Waals surface area contributed by atoms with Crippen molar-refractivity contribution in [1.29, 1.82) is 0 Å². The molecule has 1 heterocycles. The van der Waals surface area contributed by atoms with E-state index >= 15 is 0 Å². The van der Waals surface area contributed by atoms with Gasteiger partial charge in [-0.25, -0.2) is 4.98 Å². The van der Waals surface area contributed by atoms with Gasteiger partial charge in [0.25, 0.3) is 5.56 Å². The van der Waals surface area contributed by atoms with Gasteiger partial charge >= 0.3 is 0 Å². The second-order valence-electron chi connectivity index (χ2n) is 4.70. The zero-order chi connectivity index (χ0) is 15.2. The van der Waals surface area contributed by atoms with Gasteiger partial charge in [-0.1, -0.05) is 6.92 Å². The fraction of sp³-hybridized carbons (Fsp3) is 0.333. The van der Waals surface area contributed by atoms with Crippen molar-refractivity contribution in [3.63, 3.8) is 0 Å². The van der Waals surface area contributed by atoms with E-state index in [9.17, 15) is 4.79 Å². The molecule has 0 saturated carbocycles. The number of hydrogen-bond donors (Lipinski definition) is 2. The summed E-state index contributed by atoms with van der Waals surface area (Å²) in [4.78, 5) is 16.3. The Labute approximate surface area is 123 Å². The van der Waals surface area contributed by atoms with E-state index in [1.807, 2.05) is 13.0 Å². The Balaban J connectivity index is 2.19. The molecule has 6 nitrogen and oxygen atoms in total. The van der Waals surface area contributed by atoms with Gasteiger partial charge in [0.05, 0.1) is 7.11 Å². The van der Waals surface area contributed by atoms with Gasteiger partial charge in [-0.2, -0.15) is 0 Å². The second kappa shape index (κ2) is 6.78. The molecule has 0 amide bonds. The standard InChI is InChI=1S/C15H20N4O2/c1-3-7-19-8-6-17-14(15(19)20)18-10-11-9-12(16)4-5-13(11)21-2/h4-6,8-9H,3,7,10,16H2,1-2H3,(H,17,18). The average Bonchev–Trinajstić information content (AvgIpc) is 2.48. The van der Waals surface area contributed by atoms with Crippen molar-refractivity contribution in [2.45, 2.75) is 26.4 Å². The quantitative estimate of drug-likeness (QED) is 0.793. The van der Waals surface area contributed by atoms with Crippen LogP contribution in [-0.2, 0) is 13.1 Å². The minimum atomic E-state index is -0.123. The maximum absolute atomic E-state index is 12.2. The summed E-state index contributed by atoms with van der Waals surface area (Å²) in [5.74, 6) is 1.05. The third-order valence-corrected chi connectivity index (χ3v) is 3.13. The van der Waals surface area contributed by atoms with Crippen LogP contribution in [0.15, 0.2) is 35.4 Å². The fourth-order valence-electron chi connectivity index (χ4n) is 2.10. The van der Waals surface area contributed by atoms with Crippen LogP contribution in [0.4, 0.5) is 11.5 Å². The molecule has 0 aliphatic carbocycles. The first-order chi connectivity index (χ1) is 10.2. The van der Waals surface area contributed by atoms with Crippen molar-refractivity contribution in [3.8, 4) is 5.75 Å². The average molecular weight is 288 g/mol. The molecule has 0 fully saturated rings. The molecule has 0 spiro atoms. The smallest absolute Gasteiger partial charge is 0.293 e. The highest BCUT2D eigenvalue weighted by molar-refractivity contribution is 5.49. The lowest BCUT2D eigenvalue weighted by atomic mass is 10.2. The molecule has 0 atom stereocenters. The van der Waals surface area contributed by atoms with E-state index in [1.165, 1.54) is 0 Å². The predicted octanol–water partition coefficient (Wildman–Crippen LogP) is 1.86. The molecular formula is C15H20N4O2. The van der Waals surface area contributed by atoms with E-state index in [0.717, 1.165) is 17.7 Å². The molecule has 21 heavy (non-hydrogen) atoms. The van der Waals surface area contributed by atoms with Crippen LogP contribution in [0.3, 0.4) is 0 Å². The Hall–Kier alpha value is -2.50. The summed E-state index contributed by atoms with van der Waals surface area (Å²) in [7, 11) is 1.60. The zero-order valence-corrected chi connectivity index (χ0v) is 12.3. The summed E-state index contributed by atoms with van der Waals surface area (Å²) < 4.78 is 6.93. The molecule has 0 bridgehead atoms. The number of nitrogens with two attached hydrogens (primary N) is 1. The van der Waals surface area contributed by atoms with Gasteiger partial charge in [-0.15, -0.1) is 0 Å². The molecule has 0 unspecified atom stereocenters. The number of ether oxygens (including phenoxy) is 1. The Morgan fingerprint density at radius 3 is 2.95 bits per heavy atom. The van der Waals surface area contributed by atoms with Crippen LogP contribution in [0.5, 0.6) is 5.75 Å². The topological polar surface area (TPSA) is 82.2 Å². The third-order valence-electron chi connectivity index (χ3n) is 3.13. The first-order valence-corrected chi connectivity index (χ1v) is 6.87.